The van der Waals surface area contributed by atoms with Crippen molar-refractivity contribution in [3.63, 3.8) is 0 Å². The SMILES string of the molecule is Nc1nc(OC(F)(F)F)c(O)cc1F. The Labute approximate surface area is 74.9 Å². The number of alkyl halides is 3. The van der Waals surface area contributed by atoms with Crippen LogP contribution in [0.15, 0.2) is 6.07 Å². The standard InChI is InChI=1S/C6H4F4N2O2/c7-2-1-3(13)5(12-4(2)11)14-6(8,9)10/h1,13H,(H2,11,12). The van der Waals surface area contributed by atoms with Crippen LogP contribution in [0.25, 0.3) is 0 Å². The predicted octanol–water partition coefficient (Wildman–Crippen LogP) is 1.41. The van der Waals surface area contributed by atoms with E-state index in [1.54, 1.807) is 0 Å². The van der Waals surface area contributed by atoms with E-state index in [-0.39, 0.29) is 0 Å². The molecule has 0 atom stereocenters. The van der Waals surface area contributed by atoms with Gasteiger partial charge in [0.05, 0.1) is 0 Å². The molecule has 3 N–H and O–H groups in total. The zero-order valence-electron chi connectivity index (χ0n) is 6.47. The van der Waals surface area contributed by atoms with Crippen LogP contribution in [0.5, 0.6) is 11.6 Å². The van der Waals surface area contributed by atoms with E-state index < -0.39 is 29.6 Å². The molecule has 0 spiro atoms. The Bertz CT molecular complexity index is 352. The van der Waals surface area contributed by atoms with Crippen molar-refractivity contribution in [2.45, 2.75) is 6.36 Å². The van der Waals surface area contributed by atoms with E-state index in [0.29, 0.717) is 6.07 Å². The topological polar surface area (TPSA) is 68.4 Å². The van der Waals surface area contributed by atoms with E-state index in [1.807, 2.05) is 0 Å². The number of aromatic nitrogens is 1. The molecular weight excluding hydrogens is 208 g/mol. The monoisotopic (exact) mass is 212 g/mol. The van der Waals surface area contributed by atoms with Crippen molar-refractivity contribution in [1.82, 2.24) is 4.98 Å². The smallest absolute Gasteiger partial charge is 0.503 e. The van der Waals surface area contributed by atoms with Crippen molar-refractivity contribution in [3.05, 3.63) is 11.9 Å². The number of anilines is 1. The predicted molar refractivity (Wildman–Crippen MR) is 37.0 cm³/mol. The summed E-state index contributed by atoms with van der Waals surface area (Å²) in [6.07, 6.45) is -5.02. The summed E-state index contributed by atoms with van der Waals surface area (Å²) in [4.78, 5) is 2.87. The Balaban J connectivity index is 3.04. The van der Waals surface area contributed by atoms with E-state index in [0.717, 1.165) is 0 Å². The van der Waals surface area contributed by atoms with E-state index in [1.165, 1.54) is 0 Å². The molecule has 14 heavy (non-hydrogen) atoms. The lowest BCUT2D eigenvalue weighted by molar-refractivity contribution is -0.276. The highest BCUT2D eigenvalue weighted by atomic mass is 19.4. The van der Waals surface area contributed by atoms with E-state index in [4.69, 9.17) is 10.8 Å². The molecule has 0 aliphatic rings. The maximum Gasteiger partial charge on any atom is 0.574 e. The largest absolute Gasteiger partial charge is 0.574 e. The second-order valence-electron chi connectivity index (χ2n) is 2.23. The summed E-state index contributed by atoms with van der Waals surface area (Å²) < 4.78 is 50.7. The molecule has 8 heteroatoms. The second kappa shape index (κ2) is 3.20. The van der Waals surface area contributed by atoms with Gasteiger partial charge < -0.3 is 15.6 Å². The van der Waals surface area contributed by atoms with Gasteiger partial charge in [-0.15, -0.1) is 13.2 Å². The number of nitrogens with zero attached hydrogens (tertiary/aromatic N) is 1. The van der Waals surface area contributed by atoms with E-state index in [9.17, 15) is 17.6 Å². The minimum Gasteiger partial charge on any atom is -0.503 e. The summed E-state index contributed by atoms with van der Waals surface area (Å²) in [5, 5.41) is 8.80. The average Bonchev–Trinajstić information content (AvgIpc) is 1.97. The van der Waals surface area contributed by atoms with Crippen LogP contribution in [0.1, 0.15) is 0 Å². The van der Waals surface area contributed by atoms with Gasteiger partial charge in [0.2, 0.25) is 0 Å². The molecule has 1 heterocycles. The van der Waals surface area contributed by atoms with Crippen molar-refractivity contribution in [2.24, 2.45) is 0 Å². The van der Waals surface area contributed by atoms with Crippen molar-refractivity contribution < 1.29 is 27.4 Å². The molecule has 1 rings (SSSR count). The first kappa shape index (κ1) is 10.4. The Morgan fingerprint density at radius 3 is 2.50 bits per heavy atom. The quantitative estimate of drug-likeness (QED) is 0.690. The third-order valence-corrected chi connectivity index (χ3v) is 1.16. The summed E-state index contributed by atoms with van der Waals surface area (Å²) in [7, 11) is 0. The first-order valence-corrected chi connectivity index (χ1v) is 3.20. The zero-order valence-corrected chi connectivity index (χ0v) is 6.47. The molecule has 0 fully saturated rings. The van der Waals surface area contributed by atoms with Crippen LogP contribution in [0.2, 0.25) is 0 Å². The lowest BCUT2D eigenvalue weighted by Gasteiger charge is -2.09. The molecule has 4 nitrogen and oxygen atoms in total. The molecule has 0 aliphatic heterocycles. The summed E-state index contributed by atoms with van der Waals surface area (Å²) in [6, 6.07) is 0.378. The third kappa shape index (κ3) is 2.38. The molecule has 78 valence electrons. The number of rotatable bonds is 1. The Morgan fingerprint density at radius 1 is 1.43 bits per heavy atom. The maximum absolute atomic E-state index is 12.5. The van der Waals surface area contributed by atoms with E-state index >= 15 is 0 Å². The van der Waals surface area contributed by atoms with Crippen LogP contribution in [0.4, 0.5) is 23.4 Å². The Morgan fingerprint density at radius 2 is 2.00 bits per heavy atom. The molecule has 0 bridgehead atoms. The summed E-state index contributed by atoms with van der Waals surface area (Å²) in [5.74, 6) is -4.18. The Kier molecular flexibility index (Phi) is 2.37. The Hall–Kier alpha value is -1.73. The number of hydrogen-bond donors (Lipinski definition) is 2. The normalized spacial score (nSPS) is 11.4. The third-order valence-electron chi connectivity index (χ3n) is 1.16. The van der Waals surface area contributed by atoms with Gasteiger partial charge in [-0.2, -0.15) is 4.98 Å². The zero-order chi connectivity index (χ0) is 10.9. The number of hydrogen-bond acceptors (Lipinski definition) is 4. The molecule has 0 unspecified atom stereocenters. The lowest BCUT2D eigenvalue weighted by Crippen LogP contribution is -2.18. The minimum atomic E-state index is -5.02. The van der Waals surface area contributed by atoms with Crippen molar-refractivity contribution in [1.29, 1.82) is 0 Å². The first-order chi connectivity index (χ1) is 6.29. The number of aromatic hydroxyl groups is 1. The van der Waals surface area contributed by atoms with Crippen molar-refractivity contribution in [3.8, 4) is 11.6 Å². The number of nitrogens with two attached hydrogens (primary N) is 1. The highest BCUT2D eigenvalue weighted by Gasteiger charge is 2.33. The van der Waals surface area contributed by atoms with Gasteiger partial charge in [-0.05, 0) is 0 Å². The van der Waals surface area contributed by atoms with Crippen LogP contribution >= 0.6 is 0 Å². The summed E-state index contributed by atoms with van der Waals surface area (Å²) in [5.41, 5.74) is 4.86. The summed E-state index contributed by atoms with van der Waals surface area (Å²) in [6.45, 7) is 0. The van der Waals surface area contributed by atoms with Gasteiger partial charge in [0.15, 0.2) is 17.4 Å². The molecule has 0 aromatic carbocycles. The van der Waals surface area contributed by atoms with Crippen molar-refractivity contribution >= 4 is 5.82 Å². The number of ether oxygens (including phenoxy) is 1. The van der Waals surface area contributed by atoms with Gasteiger partial charge in [-0.1, -0.05) is 0 Å². The summed E-state index contributed by atoms with van der Waals surface area (Å²) >= 11 is 0. The first-order valence-electron chi connectivity index (χ1n) is 3.20. The average molecular weight is 212 g/mol. The molecule has 1 aromatic rings. The molecule has 0 saturated carbocycles. The van der Waals surface area contributed by atoms with Crippen LogP contribution in [0.3, 0.4) is 0 Å². The fraction of sp³-hybridized carbons (Fsp3) is 0.167. The fourth-order valence-electron chi connectivity index (χ4n) is 0.661. The molecule has 1 aromatic heterocycles. The maximum atomic E-state index is 12.5. The van der Waals surface area contributed by atoms with E-state index in [2.05, 4.69) is 9.72 Å². The minimum absolute atomic E-state index is 0.378. The fourth-order valence-corrected chi connectivity index (χ4v) is 0.661. The van der Waals surface area contributed by atoms with Crippen LogP contribution in [-0.4, -0.2) is 16.5 Å². The van der Waals surface area contributed by atoms with Gasteiger partial charge in [-0.3, -0.25) is 0 Å². The van der Waals surface area contributed by atoms with Crippen LogP contribution < -0.4 is 10.5 Å². The number of pyridine rings is 1. The highest BCUT2D eigenvalue weighted by molar-refractivity contribution is 5.42. The second-order valence-corrected chi connectivity index (χ2v) is 2.23. The highest BCUT2D eigenvalue weighted by Crippen LogP contribution is 2.31. The number of nitrogen functional groups attached to an aromatic ring is 1. The van der Waals surface area contributed by atoms with Gasteiger partial charge in [0, 0.05) is 6.07 Å². The van der Waals surface area contributed by atoms with Gasteiger partial charge in [-0.25, -0.2) is 4.39 Å². The van der Waals surface area contributed by atoms with Crippen LogP contribution in [0, 0.1) is 5.82 Å². The molecule has 0 amide bonds. The molecule has 0 aliphatic carbocycles. The number of halogens is 4. The van der Waals surface area contributed by atoms with Gasteiger partial charge in [0.25, 0.3) is 5.88 Å². The van der Waals surface area contributed by atoms with Gasteiger partial charge in [0.1, 0.15) is 0 Å². The lowest BCUT2D eigenvalue weighted by atomic mass is 10.4. The van der Waals surface area contributed by atoms with Gasteiger partial charge >= 0.3 is 6.36 Å². The molecule has 0 radical (unpaired) electrons. The molecular formula is C6H4F4N2O2. The molecule has 0 saturated heterocycles. The van der Waals surface area contributed by atoms with Crippen molar-refractivity contribution in [2.75, 3.05) is 5.73 Å². The van der Waals surface area contributed by atoms with Crippen LogP contribution in [-0.2, 0) is 0 Å².